The van der Waals surface area contributed by atoms with Crippen LogP contribution in [-0.4, -0.2) is 14.7 Å². The zero-order chi connectivity index (χ0) is 14.6. The second kappa shape index (κ2) is 5.76. The van der Waals surface area contributed by atoms with Crippen LogP contribution < -0.4 is 4.74 Å². The number of sulfone groups is 1. The quantitative estimate of drug-likeness (QED) is 0.866. The summed E-state index contributed by atoms with van der Waals surface area (Å²) in [6.07, 6.45) is 1.17. The van der Waals surface area contributed by atoms with Crippen LogP contribution in [0.4, 0.5) is 0 Å². The van der Waals surface area contributed by atoms with Gasteiger partial charge in [-0.3, -0.25) is 0 Å². The average molecular weight is 287 g/mol. The Kier molecular flexibility index (Phi) is 4.06. The fourth-order valence-electron chi connectivity index (χ4n) is 1.77. The highest BCUT2D eigenvalue weighted by atomic mass is 32.2. The Hall–Kier alpha value is -2.32. The van der Waals surface area contributed by atoms with Gasteiger partial charge in [-0.1, -0.05) is 18.2 Å². The number of ether oxygens (including phenoxy) is 1. The summed E-state index contributed by atoms with van der Waals surface area (Å²) in [5, 5.41) is 8.70. The number of hydrogen-bond acceptors (Lipinski definition) is 4. The number of nitriles is 1. The first kappa shape index (κ1) is 14.1. The van der Waals surface area contributed by atoms with Gasteiger partial charge in [-0.05, 0) is 30.3 Å². The normalized spacial score (nSPS) is 10.8. The van der Waals surface area contributed by atoms with Gasteiger partial charge >= 0.3 is 0 Å². The van der Waals surface area contributed by atoms with Crippen LogP contribution in [0.15, 0.2) is 53.4 Å². The molecule has 0 aliphatic carbocycles. The molecule has 0 aliphatic rings. The lowest BCUT2D eigenvalue weighted by Gasteiger charge is -2.09. The van der Waals surface area contributed by atoms with E-state index in [4.69, 9.17) is 10.00 Å². The van der Waals surface area contributed by atoms with Crippen LogP contribution in [0.1, 0.15) is 11.1 Å². The molecule has 102 valence electrons. The summed E-state index contributed by atoms with van der Waals surface area (Å²) in [7, 11) is -3.27. The van der Waals surface area contributed by atoms with Crippen molar-refractivity contribution in [3.05, 3.63) is 59.7 Å². The molecule has 0 spiro atoms. The van der Waals surface area contributed by atoms with E-state index in [0.29, 0.717) is 16.9 Å². The highest BCUT2D eigenvalue weighted by molar-refractivity contribution is 7.90. The largest absolute Gasteiger partial charge is 0.489 e. The van der Waals surface area contributed by atoms with E-state index in [1.165, 1.54) is 6.26 Å². The number of benzene rings is 2. The topological polar surface area (TPSA) is 67.2 Å². The Balaban J connectivity index is 2.17. The molecule has 0 radical (unpaired) electrons. The molecule has 4 nitrogen and oxygen atoms in total. The maximum absolute atomic E-state index is 11.7. The molecule has 0 aromatic heterocycles. The van der Waals surface area contributed by atoms with Gasteiger partial charge in [0.25, 0.3) is 0 Å². The lowest BCUT2D eigenvalue weighted by Crippen LogP contribution is -2.05. The van der Waals surface area contributed by atoms with E-state index in [2.05, 4.69) is 0 Å². The molecule has 2 rings (SSSR count). The summed E-state index contributed by atoms with van der Waals surface area (Å²) in [4.78, 5) is 0.272. The third-order valence-corrected chi connectivity index (χ3v) is 3.95. The predicted octanol–water partition coefficient (Wildman–Crippen LogP) is 2.54. The molecule has 0 aliphatic heterocycles. The smallest absolute Gasteiger partial charge is 0.175 e. The number of hydrogen-bond donors (Lipinski definition) is 0. The maximum atomic E-state index is 11.7. The van der Waals surface area contributed by atoms with Crippen molar-refractivity contribution >= 4 is 9.84 Å². The standard InChI is InChI=1S/C15H13NO3S/c1-20(17,18)15-5-3-2-4-13(15)11-19-14-8-6-12(10-16)7-9-14/h2-9H,11H2,1H3. The molecule has 0 atom stereocenters. The Bertz CT molecular complexity index is 743. The first-order valence-corrected chi connectivity index (χ1v) is 7.81. The monoisotopic (exact) mass is 287 g/mol. The number of rotatable bonds is 4. The summed E-state index contributed by atoms with van der Waals surface area (Å²) in [5.41, 5.74) is 1.16. The minimum atomic E-state index is -3.27. The fourth-order valence-corrected chi connectivity index (χ4v) is 2.70. The Morgan fingerprint density at radius 1 is 1.10 bits per heavy atom. The molecule has 0 fully saturated rings. The van der Waals surface area contributed by atoms with Crippen LogP contribution >= 0.6 is 0 Å². The third-order valence-electron chi connectivity index (χ3n) is 2.75. The molecular weight excluding hydrogens is 274 g/mol. The van der Waals surface area contributed by atoms with Crippen molar-refractivity contribution in [3.63, 3.8) is 0 Å². The number of nitrogens with zero attached hydrogens (tertiary/aromatic N) is 1. The van der Waals surface area contributed by atoms with Gasteiger partial charge < -0.3 is 4.74 Å². The van der Waals surface area contributed by atoms with Crippen LogP contribution in [0.2, 0.25) is 0 Å². The highest BCUT2D eigenvalue weighted by Crippen LogP contribution is 2.19. The summed E-state index contributed by atoms with van der Waals surface area (Å²) in [6, 6.07) is 15.4. The van der Waals surface area contributed by atoms with Crippen LogP contribution in [0.3, 0.4) is 0 Å². The maximum Gasteiger partial charge on any atom is 0.175 e. The van der Waals surface area contributed by atoms with Gasteiger partial charge in [-0.25, -0.2) is 8.42 Å². The van der Waals surface area contributed by atoms with Gasteiger partial charge in [-0.2, -0.15) is 5.26 Å². The van der Waals surface area contributed by atoms with Crippen molar-refractivity contribution in [2.75, 3.05) is 6.26 Å². The molecule has 0 saturated heterocycles. The molecule has 20 heavy (non-hydrogen) atoms. The molecule has 0 saturated carbocycles. The summed E-state index contributed by atoms with van der Waals surface area (Å²) < 4.78 is 28.9. The van der Waals surface area contributed by atoms with Gasteiger partial charge in [0.1, 0.15) is 12.4 Å². The molecule has 0 N–H and O–H groups in total. The minimum absolute atomic E-state index is 0.162. The van der Waals surface area contributed by atoms with E-state index in [1.807, 2.05) is 6.07 Å². The van der Waals surface area contributed by atoms with Gasteiger partial charge in [-0.15, -0.1) is 0 Å². The van der Waals surface area contributed by atoms with Crippen molar-refractivity contribution in [1.82, 2.24) is 0 Å². The third kappa shape index (κ3) is 3.37. The first-order chi connectivity index (χ1) is 9.50. The van der Waals surface area contributed by atoms with Crippen molar-refractivity contribution in [2.24, 2.45) is 0 Å². The molecule has 2 aromatic carbocycles. The second-order valence-electron chi connectivity index (χ2n) is 4.30. The fraction of sp³-hybridized carbons (Fsp3) is 0.133. The van der Waals surface area contributed by atoms with Gasteiger partial charge in [0.05, 0.1) is 16.5 Å². The van der Waals surface area contributed by atoms with Gasteiger partial charge in [0.15, 0.2) is 9.84 Å². The van der Waals surface area contributed by atoms with Crippen molar-refractivity contribution in [2.45, 2.75) is 11.5 Å². The molecule has 5 heteroatoms. The van der Waals surface area contributed by atoms with E-state index in [0.717, 1.165) is 0 Å². The van der Waals surface area contributed by atoms with E-state index in [-0.39, 0.29) is 11.5 Å². The van der Waals surface area contributed by atoms with Crippen molar-refractivity contribution < 1.29 is 13.2 Å². The van der Waals surface area contributed by atoms with Crippen LogP contribution in [0.25, 0.3) is 0 Å². The van der Waals surface area contributed by atoms with Crippen molar-refractivity contribution in [1.29, 1.82) is 5.26 Å². The predicted molar refractivity (Wildman–Crippen MR) is 75.0 cm³/mol. The average Bonchev–Trinajstić information content (AvgIpc) is 2.45. The van der Waals surface area contributed by atoms with E-state index >= 15 is 0 Å². The molecule has 0 heterocycles. The lowest BCUT2D eigenvalue weighted by atomic mass is 10.2. The minimum Gasteiger partial charge on any atom is -0.489 e. The zero-order valence-corrected chi connectivity index (χ0v) is 11.7. The van der Waals surface area contributed by atoms with E-state index < -0.39 is 9.84 Å². The Morgan fingerprint density at radius 3 is 2.35 bits per heavy atom. The molecule has 2 aromatic rings. The summed E-state index contributed by atoms with van der Waals surface area (Å²) >= 11 is 0. The highest BCUT2D eigenvalue weighted by Gasteiger charge is 2.12. The lowest BCUT2D eigenvalue weighted by molar-refractivity contribution is 0.303. The van der Waals surface area contributed by atoms with Gasteiger partial charge in [0.2, 0.25) is 0 Å². The molecule has 0 bridgehead atoms. The Morgan fingerprint density at radius 2 is 1.75 bits per heavy atom. The van der Waals surface area contributed by atoms with Crippen LogP contribution in [0, 0.1) is 11.3 Å². The summed E-state index contributed by atoms with van der Waals surface area (Å²) in [5.74, 6) is 0.590. The molecule has 0 unspecified atom stereocenters. The van der Waals surface area contributed by atoms with Gasteiger partial charge in [0, 0.05) is 11.8 Å². The van der Waals surface area contributed by atoms with Crippen LogP contribution in [0.5, 0.6) is 5.75 Å². The zero-order valence-electron chi connectivity index (χ0n) is 10.9. The SMILES string of the molecule is CS(=O)(=O)c1ccccc1COc1ccc(C#N)cc1. The van der Waals surface area contributed by atoms with E-state index in [9.17, 15) is 8.42 Å². The Labute approximate surface area is 118 Å². The van der Waals surface area contributed by atoms with Crippen molar-refractivity contribution in [3.8, 4) is 11.8 Å². The molecule has 0 amide bonds. The van der Waals surface area contributed by atoms with Crippen LogP contribution in [-0.2, 0) is 16.4 Å². The first-order valence-electron chi connectivity index (χ1n) is 5.91. The van der Waals surface area contributed by atoms with E-state index in [1.54, 1.807) is 48.5 Å². The molecular formula is C15H13NO3S. The second-order valence-corrected chi connectivity index (χ2v) is 6.29. The summed E-state index contributed by atoms with van der Waals surface area (Å²) in [6.45, 7) is 0.162.